The molecule has 0 aliphatic heterocycles. The van der Waals surface area contributed by atoms with Crippen LogP contribution in [0.2, 0.25) is 0 Å². The van der Waals surface area contributed by atoms with Crippen molar-refractivity contribution in [1.29, 1.82) is 0 Å². The molecule has 0 bridgehead atoms. The standard InChI is InChI=1S/C21H41NO3.Na/c1-4-5-6-7-8-9-10-11-12-13-14-15-16-17-19(23)25-21(24)20(22)18(2)3;/h18,20H,4-17,22H2,1-3H3;/t20-;/m0./s1. The smallest absolute Gasteiger partial charge is 0.330 e. The molecule has 5 heteroatoms. The van der Waals surface area contributed by atoms with Crippen LogP contribution in [0, 0.1) is 5.92 Å². The number of rotatable bonds is 16. The van der Waals surface area contributed by atoms with Crippen molar-refractivity contribution in [2.45, 2.75) is 117 Å². The van der Waals surface area contributed by atoms with Crippen LogP contribution < -0.4 is 5.73 Å². The molecule has 0 unspecified atom stereocenters. The Hall–Kier alpha value is 0.1000. The minimum Gasteiger partial charge on any atom is -0.392 e. The van der Waals surface area contributed by atoms with E-state index < -0.39 is 18.0 Å². The number of unbranched alkanes of at least 4 members (excludes halogenated alkanes) is 12. The molecule has 0 aromatic heterocycles. The third-order valence-electron chi connectivity index (χ3n) is 4.69. The van der Waals surface area contributed by atoms with Gasteiger partial charge in [0.2, 0.25) is 0 Å². The number of hydrogen-bond donors (Lipinski definition) is 1. The van der Waals surface area contributed by atoms with E-state index in [-0.39, 0.29) is 35.5 Å². The van der Waals surface area contributed by atoms with Gasteiger partial charge in [-0.05, 0) is 12.3 Å². The van der Waals surface area contributed by atoms with Gasteiger partial charge in [-0.3, -0.25) is 4.79 Å². The van der Waals surface area contributed by atoms with Gasteiger partial charge in [0.25, 0.3) is 0 Å². The molecule has 0 rings (SSSR count). The molecule has 0 aromatic rings. The predicted octanol–water partition coefficient (Wildman–Crippen LogP) is 5.14. The van der Waals surface area contributed by atoms with Crippen LogP contribution in [0.1, 0.15) is 111 Å². The second-order valence-electron chi connectivity index (χ2n) is 7.56. The molecule has 0 saturated heterocycles. The molecule has 2 N–H and O–H groups in total. The van der Waals surface area contributed by atoms with E-state index in [9.17, 15) is 9.59 Å². The predicted molar refractivity (Wildman–Crippen MR) is 110 cm³/mol. The summed E-state index contributed by atoms with van der Waals surface area (Å²) in [5, 5.41) is 0. The van der Waals surface area contributed by atoms with Gasteiger partial charge in [-0.2, -0.15) is 0 Å². The van der Waals surface area contributed by atoms with Gasteiger partial charge in [-0.25, -0.2) is 4.79 Å². The minimum absolute atomic E-state index is 0. The summed E-state index contributed by atoms with van der Waals surface area (Å²) in [4.78, 5) is 23.1. The number of esters is 2. The number of ether oxygens (including phenoxy) is 1. The van der Waals surface area contributed by atoms with Crippen molar-refractivity contribution in [2.24, 2.45) is 11.7 Å². The summed E-state index contributed by atoms with van der Waals surface area (Å²) in [6.45, 7) is 5.93. The van der Waals surface area contributed by atoms with Gasteiger partial charge in [-0.15, -0.1) is 0 Å². The molecule has 0 aliphatic carbocycles. The van der Waals surface area contributed by atoms with Crippen LogP contribution in [-0.4, -0.2) is 47.5 Å². The molecular weight excluding hydrogens is 337 g/mol. The summed E-state index contributed by atoms with van der Waals surface area (Å²) in [5.74, 6) is -1.06. The molecule has 1 radical (unpaired) electrons. The van der Waals surface area contributed by atoms with Gasteiger partial charge in [0.1, 0.15) is 6.04 Å². The third-order valence-corrected chi connectivity index (χ3v) is 4.69. The summed E-state index contributed by atoms with van der Waals surface area (Å²) >= 11 is 0. The molecular formula is C21H41NNaO3. The van der Waals surface area contributed by atoms with E-state index >= 15 is 0 Å². The maximum atomic E-state index is 11.6. The molecule has 0 heterocycles. The third kappa shape index (κ3) is 17.5. The van der Waals surface area contributed by atoms with E-state index in [1.807, 2.05) is 13.8 Å². The Morgan fingerprint density at radius 1 is 0.769 bits per heavy atom. The van der Waals surface area contributed by atoms with E-state index in [0.29, 0.717) is 6.42 Å². The molecule has 0 saturated carbocycles. The zero-order chi connectivity index (χ0) is 18.9. The van der Waals surface area contributed by atoms with E-state index in [2.05, 4.69) is 6.92 Å². The molecule has 149 valence electrons. The average molecular weight is 379 g/mol. The first-order valence-corrected chi connectivity index (χ1v) is 10.5. The van der Waals surface area contributed by atoms with E-state index in [4.69, 9.17) is 10.5 Å². The molecule has 0 spiro atoms. The first-order chi connectivity index (χ1) is 12.0. The van der Waals surface area contributed by atoms with Crippen molar-refractivity contribution in [1.82, 2.24) is 0 Å². The first kappa shape index (κ1) is 28.3. The normalized spacial score (nSPS) is 11.9. The van der Waals surface area contributed by atoms with Crippen LogP contribution in [0.5, 0.6) is 0 Å². The molecule has 26 heavy (non-hydrogen) atoms. The van der Waals surface area contributed by atoms with Crippen molar-refractivity contribution in [3.63, 3.8) is 0 Å². The monoisotopic (exact) mass is 378 g/mol. The molecule has 0 aliphatic rings. The Bertz CT molecular complexity index is 348. The van der Waals surface area contributed by atoms with Gasteiger partial charge in [0.15, 0.2) is 0 Å². The molecule has 0 aromatic carbocycles. The topological polar surface area (TPSA) is 69.4 Å². The fourth-order valence-corrected chi connectivity index (χ4v) is 2.79. The number of hydrogen-bond acceptors (Lipinski definition) is 4. The summed E-state index contributed by atoms with van der Waals surface area (Å²) in [5.41, 5.74) is 5.66. The summed E-state index contributed by atoms with van der Waals surface area (Å²) in [6.07, 6.45) is 16.8. The number of nitrogens with two attached hydrogens (primary N) is 1. The van der Waals surface area contributed by atoms with E-state index in [1.54, 1.807) is 0 Å². The quantitative estimate of drug-likeness (QED) is 0.175. The van der Waals surface area contributed by atoms with Crippen molar-refractivity contribution in [2.75, 3.05) is 0 Å². The summed E-state index contributed by atoms with van der Waals surface area (Å²) in [6, 6.07) is -0.712. The second kappa shape index (κ2) is 19.9. The van der Waals surface area contributed by atoms with Crippen LogP contribution in [0.4, 0.5) is 0 Å². The van der Waals surface area contributed by atoms with Crippen LogP contribution in [0.25, 0.3) is 0 Å². The van der Waals surface area contributed by atoms with Gasteiger partial charge in [0.05, 0.1) is 0 Å². The summed E-state index contributed by atoms with van der Waals surface area (Å²) < 4.78 is 4.78. The first-order valence-electron chi connectivity index (χ1n) is 10.5. The van der Waals surface area contributed by atoms with Crippen LogP contribution in [-0.2, 0) is 14.3 Å². The van der Waals surface area contributed by atoms with Crippen molar-refractivity contribution < 1.29 is 14.3 Å². The van der Waals surface area contributed by atoms with Gasteiger partial charge < -0.3 is 10.5 Å². The Labute approximate surface area is 183 Å². The Morgan fingerprint density at radius 3 is 1.54 bits per heavy atom. The minimum atomic E-state index is -0.712. The molecule has 1 atom stereocenters. The van der Waals surface area contributed by atoms with Crippen molar-refractivity contribution in [3.05, 3.63) is 0 Å². The van der Waals surface area contributed by atoms with Crippen LogP contribution in [0.3, 0.4) is 0 Å². The number of carbonyl (C=O) groups is 2. The second-order valence-corrected chi connectivity index (χ2v) is 7.56. The summed E-state index contributed by atoms with van der Waals surface area (Å²) in [7, 11) is 0. The fraction of sp³-hybridized carbons (Fsp3) is 0.905. The van der Waals surface area contributed by atoms with Crippen LogP contribution in [0.15, 0.2) is 0 Å². The maximum Gasteiger partial charge on any atom is 0.330 e. The largest absolute Gasteiger partial charge is 0.392 e. The van der Waals surface area contributed by atoms with Gasteiger partial charge in [0, 0.05) is 36.0 Å². The maximum absolute atomic E-state index is 11.6. The average Bonchev–Trinajstić information content (AvgIpc) is 2.58. The zero-order valence-electron chi connectivity index (χ0n) is 17.9. The van der Waals surface area contributed by atoms with Gasteiger partial charge >= 0.3 is 11.9 Å². The number of carbonyl (C=O) groups excluding carboxylic acids is 2. The van der Waals surface area contributed by atoms with Crippen molar-refractivity contribution in [3.8, 4) is 0 Å². The Balaban J connectivity index is 0. The molecule has 4 nitrogen and oxygen atoms in total. The molecule has 0 amide bonds. The SMILES string of the molecule is CCCCCCCCCCCCCCCC(=O)OC(=O)[C@@H](N)C(C)C.[Na]. The van der Waals surface area contributed by atoms with E-state index in [1.165, 1.54) is 64.2 Å². The fourth-order valence-electron chi connectivity index (χ4n) is 2.79. The molecule has 0 fully saturated rings. The van der Waals surface area contributed by atoms with Gasteiger partial charge in [-0.1, -0.05) is 97.8 Å². The Kier molecular flexibility index (Phi) is 21.6. The van der Waals surface area contributed by atoms with E-state index in [0.717, 1.165) is 19.3 Å². The zero-order valence-corrected chi connectivity index (χ0v) is 19.9. The Morgan fingerprint density at radius 2 is 1.15 bits per heavy atom. The van der Waals surface area contributed by atoms with Crippen molar-refractivity contribution >= 4 is 41.5 Å². The van der Waals surface area contributed by atoms with Crippen LogP contribution >= 0.6 is 0 Å².